The highest BCUT2D eigenvalue weighted by Crippen LogP contribution is 2.25. The molecule has 0 spiro atoms. The number of carbonyl (C=O) groups is 1. The number of amides is 1. The van der Waals surface area contributed by atoms with Crippen LogP contribution in [-0.4, -0.2) is 34.9 Å². The van der Waals surface area contributed by atoms with Gasteiger partial charge in [-0.3, -0.25) is 4.79 Å². The first-order valence-corrected chi connectivity index (χ1v) is 11.5. The highest BCUT2D eigenvalue weighted by molar-refractivity contribution is 7.09. The Labute approximate surface area is 186 Å². The van der Waals surface area contributed by atoms with Crippen LogP contribution in [0.15, 0.2) is 54.6 Å². The summed E-state index contributed by atoms with van der Waals surface area (Å²) in [6.45, 7) is 2.37. The second-order valence-corrected chi connectivity index (χ2v) is 8.75. The molecule has 0 radical (unpaired) electrons. The van der Waals surface area contributed by atoms with Crippen LogP contribution in [0, 0.1) is 5.92 Å². The van der Waals surface area contributed by atoms with Gasteiger partial charge in [0.1, 0.15) is 5.82 Å². The Hall–Kier alpha value is -2.44. The molecule has 0 atom stereocenters. The summed E-state index contributed by atoms with van der Waals surface area (Å²) < 4.78 is 4.51. The van der Waals surface area contributed by atoms with E-state index in [-0.39, 0.29) is 11.8 Å². The lowest BCUT2D eigenvalue weighted by molar-refractivity contribution is -0.125. The minimum Gasteiger partial charge on any atom is -0.356 e. The molecule has 1 amide bonds. The van der Waals surface area contributed by atoms with Crippen LogP contribution in [0.5, 0.6) is 0 Å². The molecule has 2 heterocycles. The highest BCUT2D eigenvalue weighted by atomic mass is 35.5. The van der Waals surface area contributed by atoms with Gasteiger partial charge in [0.05, 0.1) is 0 Å². The Morgan fingerprint density at radius 2 is 1.80 bits per heavy atom. The number of piperidine rings is 1. The van der Waals surface area contributed by atoms with E-state index in [9.17, 15) is 4.79 Å². The number of hydrogen-bond donors (Lipinski definition) is 1. The van der Waals surface area contributed by atoms with E-state index in [1.54, 1.807) is 0 Å². The number of carbonyl (C=O) groups excluding carboxylic acids is 1. The molecule has 5 nitrogen and oxygen atoms in total. The molecule has 3 aromatic rings. The van der Waals surface area contributed by atoms with Gasteiger partial charge in [0, 0.05) is 48.5 Å². The molecule has 0 aliphatic carbocycles. The molecule has 0 unspecified atom stereocenters. The van der Waals surface area contributed by atoms with Crippen molar-refractivity contribution in [3.8, 4) is 0 Å². The van der Waals surface area contributed by atoms with Gasteiger partial charge in [0.25, 0.3) is 0 Å². The minimum absolute atomic E-state index is 0.0819. The third-order valence-electron chi connectivity index (χ3n) is 5.42. The molecule has 1 fully saturated rings. The summed E-state index contributed by atoms with van der Waals surface area (Å²) in [6, 6.07) is 18.0. The van der Waals surface area contributed by atoms with Crippen molar-refractivity contribution >= 4 is 34.2 Å². The van der Waals surface area contributed by atoms with Gasteiger partial charge in [-0.25, -0.2) is 4.98 Å². The van der Waals surface area contributed by atoms with E-state index in [1.807, 2.05) is 42.5 Å². The summed E-state index contributed by atoms with van der Waals surface area (Å²) in [5.41, 5.74) is 2.40. The predicted molar refractivity (Wildman–Crippen MR) is 122 cm³/mol. The van der Waals surface area contributed by atoms with Crippen LogP contribution in [0.2, 0.25) is 5.02 Å². The lowest BCUT2D eigenvalue weighted by atomic mass is 9.96. The average molecular weight is 441 g/mol. The number of benzene rings is 2. The van der Waals surface area contributed by atoms with Crippen molar-refractivity contribution in [3.05, 3.63) is 76.6 Å². The summed E-state index contributed by atoms with van der Waals surface area (Å²) >= 11 is 7.38. The van der Waals surface area contributed by atoms with E-state index in [4.69, 9.17) is 16.6 Å². The van der Waals surface area contributed by atoms with Gasteiger partial charge >= 0.3 is 0 Å². The van der Waals surface area contributed by atoms with Crippen molar-refractivity contribution in [2.24, 2.45) is 5.92 Å². The third kappa shape index (κ3) is 5.58. The van der Waals surface area contributed by atoms with Gasteiger partial charge in [-0.05, 0) is 42.5 Å². The summed E-state index contributed by atoms with van der Waals surface area (Å²) in [4.78, 5) is 19.4. The number of hydrogen-bond acceptors (Lipinski definition) is 5. The lowest BCUT2D eigenvalue weighted by Gasteiger charge is -2.30. The molecule has 2 aromatic carbocycles. The van der Waals surface area contributed by atoms with Crippen molar-refractivity contribution in [2.45, 2.75) is 25.7 Å². The Kier molecular flexibility index (Phi) is 6.97. The van der Waals surface area contributed by atoms with Crippen molar-refractivity contribution in [1.29, 1.82) is 0 Å². The van der Waals surface area contributed by atoms with E-state index >= 15 is 0 Å². The third-order valence-corrected chi connectivity index (χ3v) is 6.49. The summed E-state index contributed by atoms with van der Waals surface area (Å²) in [5.74, 6) is 1.09. The summed E-state index contributed by atoms with van der Waals surface area (Å²) in [6.07, 6.45) is 3.27. The number of aromatic nitrogens is 2. The van der Waals surface area contributed by atoms with Crippen molar-refractivity contribution in [3.63, 3.8) is 0 Å². The molecule has 7 heteroatoms. The van der Waals surface area contributed by atoms with Crippen LogP contribution in [0.3, 0.4) is 0 Å². The fraction of sp³-hybridized carbons (Fsp3) is 0.348. The SMILES string of the molecule is O=C(NCCc1ccccc1)C1CCN(c2nc(Cc3ccc(Cl)cc3)ns2)CC1. The first kappa shape index (κ1) is 20.8. The standard InChI is InChI=1S/C23H25ClN4OS/c24-20-8-6-18(7-9-20)16-21-26-23(30-27-21)28-14-11-19(12-15-28)22(29)25-13-10-17-4-2-1-3-5-17/h1-9,19H,10-16H2,(H,25,29). The van der Waals surface area contributed by atoms with E-state index in [0.717, 1.165) is 53.9 Å². The molecule has 1 aliphatic heterocycles. The average Bonchev–Trinajstić information content (AvgIpc) is 3.25. The quantitative estimate of drug-likeness (QED) is 0.593. The first-order valence-electron chi connectivity index (χ1n) is 10.3. The Balaban J connectivity index is 1.23. The molecular weight excluding hydrogens is 416 g/mol. The minimum atomic E-state index is 0.0819. The Morgan fingerprint density at radius 1 is 1.07 bits per heavy atom. The predicted octanol–water partition coefficient (Wildman–Crippen LogP) is 4.36. The molecule has 1 saturated heterocycles. The number of nitrogens with zero attached hydrogens (tertiary/aromatic N) is 3. The van der Waals surface area contributed by atoms with Crippen LogP contribution in [-0.2, 0) is 17.6 Å². The van der Waals surface area contributed by atoms with Crippen molar-refractivity contribution < 1.29 is 4.79 Å². The second kappa shape index (κ2) is 10.0. The molecule has 4 rings (SSSR count). The van der Waals surface area contributed by atoms with E-state index in [0.29, 0.717) is 13.0 Å². The van der Waals surface area contributed by atoms with Crippen molar-refractivity contribution in [2.75, 3.05) is 24.5 Å². The summed E-state index contributed by atoms with van der Waals surface area (Å²) in [5, 5.41) is 4.78. The highest BCUT2D eigenvalue weighted by Gasteiger charge is 2.26. The molecule has 0 saturated carbocycles. The van der Waals surface area contributed by atoms with Gasteiger partial charge in [-0.1, -0.05) is 54.1 Å². The molecule has 30 heavy (non-hydrogen) atoms. The second-order valence-electron chi connectivity index (χ2n) is 7.58. The van der Waals surface area contributed by atoms with Crippen molar-refractivity contribution in [1.82, 2.24) is 14.7 Å². The molecular formula is C23H25ClN4OS. The number of nitrogens with one attached hydrogen (secondary N) is 1. The van der Waals surface area contributed by atoms with Gasteiger partial charge < -0.3 is 10.2 Å². The van der Waals surface area contributed by atoms with Gasteiger partial charge in [0.2, 0.25) is 11.0 Å². The molecule has 1 aliphatic rings. The van der Waals surface area contributed by atoms with E-state index in [2.05, 4.69) is 26.7 Å². The lowest BCUT2D eigenvalue weighted by Crippen LogP contribution is -2.41. The smallest absolute Gasteiger partial charge is 0.223 e. The van der Waals surface area contributed by atoms with Gasteiger partial charge in [-0.15, -0.1) is 0 Å². The molecule has 1 aromatic heterocycles. The van der Waals surface area contributed by atoms with Crippen LogP contribution in [0.4, 0.5) is 5.13 Å². The van der Waals surface area contributed by atoms with E-state index in [1.165, 1.54) is 17.1 Å². The Bertz CT molecular complexity index is 953. The van der Waals surface area contributed by atoms with Crippen LogP contribution < -0.4 is 10.2 Å². The fourth-order valence-corrected chi connectivity index (χ4v) is 4.54. The maximum atomic E-state index is 12.5. The zero-order chi connectivity index (χ0) is 20.8. The molecule has 0 bridgehead atoms. The van der Waals surface area contributed by atoms with Crippen LogP contribution in [0.1, 0.15) is 29.8 Å². The van der Waals surface area contributed by atoms with Crippen LogP contribution in [0.25, 0.3) is 0 Å². The van der Waals surface area contributed by atoms with Gasteiger partial charge in [0.15, 0.2) is 0 Å². The normalized spacial score (nSPS) is 14.6. The largest absolute Gasteiger partial charge is 0.356 e. The Morgan fingerprint density at radius 3 is 2.53 bits per heavy atom. The fourth-order valence-electron chi connectivity index (χ4n) is 3.68. The topological polar surface area (TPSA) is 58.1 Å². The number of halogens is 1. The summed E-state index contributed by atoms with van der Waals surface area (Å²) in [7, 11) is 0. The monoisotopic (exact) mass is 440 g/mol. The number of rotatable bonds is 7. The maximum absolute atomic E-state index is 12.5. The van der Waals surface area contributed by atoms with E-state index < -0.39 is 0 Å². The van der Waals surface area contributed by atoms with Gasteiger partial charge in [-0.2, -0.15) is 4.37 Å². The van der Waals surface area contributed by atoms with Crippen LogP contribution >= 0.6 is 23.1 Å². The zero-order valence-electron chi connectivity index (χ0n) is 16.8. The number of anilines is 1. The molecule has 156 valence electrons. The first-order chi connectivity index (χ1) is 14.7. The molecule has 1 N–H and O–H groups in total. The zero-order valence-corrected chi connectivity index (χ0v) is 18.3. The maximum Gasteiger partial charge on any atom is 0.223 e.